The average Bonchev–Trinajstić information content (AvgIpc) is 3.33. The lowest BCUT2D eigenvalue weighted by Crippen LogP contribution is -2.21. The van der Waals surface area contributed by atoms with Crippen LogP contribution in [0, 0.1) is 0 Å². The van der Waals surface area contributed by atoms with Crippen molar-refractivity contribution in [3.63, 3.8) is 0 Å². The minimum Gasteiger partial charge on any atom is -0.349 e. The highest BCUT2D eigenvalue weighted by Gasteiger charge is 2.12. The van der Waals surface area contributed by atoms with E-state index in [1.807, 2.05) is 42.1 Å². The Labute approximate surface area is 147 Å². The second-order valence-corrected chi connectivity index (χ2v) is 6.86. The Hall–Kier alpha value is -2.53. The summed E-state index contributed by atoms with van der Waals surface area (Å²) in [5.41, 5.74) is 4.73. The molecule has 0 atom stereocenters. The van der Waals surface area contributed by atoms with Crippen LogP contribution < -0.4 is 5.32 Å². The van der Waals surface area contributed by atoms with E-state index in [2.05, 4.69) is 27.3 Å². The molecule has 0 bridgehead atoms. The maximum absolute atomic E-state index is 12.4. The molecule has 3 heterocycles. The van der Waals surface area contributed by atoms with Gasteiger partial charge in [-0.1, -0.05) is 12.1 Å². The van der Waals surface area contributed by atoms with Gasteiger partial charge in [0.05, 0.1) is 11.0 Å². The predicted molar refractivity (Wildman–Crippen MR) is 101 cm³/mol. The second kappa shape index (κ2) is 6.76. The fourth-order valence-corrected chi connectivity index (χ4v) is 3.51. The van der Waals surface area contributed by atoms with Crippen LogP contribution in [0.2, 0.25) is 0 Å². The first-order valence-electron chi connectivity index (χ1n) is 8.96. The van der Waals surface area contributed by atoms with Crippen molar-refractivity contribution in [3.05, 3.63) is 53.9 Å². The summed E-state index contributed by atoms with van der Waals surface area (Å²) in [6.07, 6.45) is 5.71. The van der Waals surface area contributed by atoms with Crippen LogP contribution in [0.5, 0.6) is 0 Å². The predicted octanol–water partition coefficient (Wildman–Crippen LogP) is 3.40. The molecule has 0 unspecified atom stereocenters. The summed E-state index contributed by atoms with van der Waals surface area (Å²) in [4.78, 5) is 18.1. The number of benzene rings is 1. The van der Waals surface area contributed by atoms with E-state index < -0.39 is 0 Å². The number of anilines is 1. The Kier molecular flexibility index (Phi) is 4.32. The summed E-state index contributed by atoms with van der Waals surface area (Å²) in [7, 11) is 1.97. The van der Waals surface area contributed by atoms with Crippen LogP contribution in [-0.4, -0.2) is 40.0 Å². The number of hydrogen-bond donors (Lipinski definition) is 2. The number of H-pyrrole nitrogens is 1. The number of aromatic amines is 1. The zero-order valence-electron chi connectivity index (χ0n) is 14.6. The number of rotatable bonds is 5. The SMILES string of the molecule is Cn1ccc2[nH]c(C(=O)Nc3ccc(CCN4CCCC4)cc3)cc21. The molecule has 130 valence electrons. The third-order valence-corrected chi connectivity index (χ3v) is 5.04. The highest BCUT2D eigenvalue weighted by atomic mass is 16.1. The molecule has 5 nitrogen and oxygen atoms in total. The van der Waals surface area contributed by atoms with Gasteiger partial charge in [-0.3, -0.25) is 4.79 Å². The van der Waals surface area contributed by atoms with Crippen LogP contribution in [0.4, 0.5) is 5.69 Å². The summed E-state index contributed by atoms with van der Waals surface area (Å²) in [6, 6.07) is 12.0. The van der Waals surface area contributed by atoms with Gasteiger partial charge in [-0.05, 0) is 62.2 Å². The van der Waals surface area contributed by atoms with E-state index in [1.165, 1.54) is 31.5 Å². The molecular formula is C20H24N4O. The molecular weight excluding hydrogens is 312 g/mol. The molecule has 2 N–H and O–H groups in total. The van der Waals surface area contributed by atoms with Crippen molar-refractivity contribution in [1.29, 1.82) is 0 Å². The van der Waals surface area contributed by atoms with E-state index >= 15 is 0 Å². The maximum atomic E-state index is 12.4. The number of carbonyl (C=O) groups excluding carboxylic acids is 1. The molecule has 0 radical (unpaired) electrons. The summed E-state index contributed by atoms with van der Waals surface area (Å²) in [6.45, 7) is 3.60. The van der Waals surface area contributed by atoms with Gasteiger partial charge in [-0.2, -0.15) is 0 Å². The van der Waals surface area contributed by atoms with E-state index in [0.717, 1.165) is 29.7 Å². The average molecular weight is 336 g/mol. The van der Waals surface area contributed by atoms with E-state index in [0.29, 0.717) is 5.69 Å². The van der Waals surface area contributed by atoms with Crippen molar-refractivity contribution in [2.24, 2.45) is 7.05 Å². The van der Waals surface area contributed by atoms with E-state index in [1.54, 1.807) is 0 Å². The minimum atomic E-state index is -0.110. The molecule has 2 aromatic heterocycles. The van der Waals surface area contributed by atoms with Gasteiger partial charge in [0.1, 0.15) is 5.69 Å². The lowest BCUT2D eigenvalue weighted by atomic mass is 10.1. The summed E-state index contributed by atoms with van der Waals surface area (Å²) in [5.74, 6) is -0.110. The number of amides is 1. The van der Waals surface area contributed by atoms with Gasteiger partial charge < -0.3 is 19.8 Å². The Bertz CT molecular complexity index is 869. The number of nitrogens with one attached hydrogen (secondary N) is 2. The molecule has 1 saturated heterocycles. The molecule has 1 fully saturated rings. The first kappa shape index (κ1) is 16.0. The topological polar surface area (TPSA) is 53.1 Å². The first-order chi connectivity index (χ1) is 12.2. The van der Waals surface area contributed by atoms with Gasteiger partial charge in [-0.15, -0.1) is 0 Å². The number of fused-ring (bicyclic) bond motifs is 1. The molecule has 4 rings (SSSR count). The van der Waals surface area contributed by atoms with Gasteiger partial charge in [0.2, 0.25) is 0 Å². The van der Waals surface area contributed by atoms with Crippen LogP contribution in [0.3, 0.4) is 0 Å². The Morgan fingerprint density at radius 2 is 1.92 bits per heavy atom. The van der Waals surface area contributed by atoms with Crippen LogP contribution in [0.1, 0.15) is 28.9 Å². The molecule has 0 spiro atoms. The molecule has 5 heteroatoms. The van der Waals surface area contributed by atoms with Crippen LogP contribution in [0.25, 0.3) is 11.0 Å². The lowest BCUT2D eigenvalue weighted by molar-refractivity contribution is 0.102. The van der Waals surface area contributed by atoms with Crippen molar-refractivity contribution in [1.82, 2.24) is 14.5 Å². The van der Waals surface area contributed by atoms with Gasteiger partial charge >= 0.3 is 0 Å². The summed E-state index contributed by atoms with van der Waals surface area (Å²) >= 11 is 0. The third kappa shape index (κ3) is 3.46. The molecule has 1 aliphatic heterocycles. The first-order valence-corrected chi connectivity index (χ1v) is 8.96. The van der Waals surface area contributed by atoms with Gasteiger partial charge in [0.25, 0.3) is 5.91 Å². The third-order valence-electron chi connectivity index (χ3n) is 5.04. The largest absolute Gasteiger partial charge is 0.349 e. The Morgan fingerprint density at radius 1 is 1.16 bits per heavy atom. The quantitative estimate of drug-likeness (QED) is 0.750. The fourth-order valence-electron chi connectivity index (χ4n) is 3.51. The minimum absolute atomic E-state index is 0.110. The number of aromatic nitrogens is 2. The molecule has 1 aliphatic rings. The molecule has 25 heavy (non-hydrogen) atoms. The molecule has 1 aromatic carbocycles. The monoisotopic (exact) mass is 336 g/mol. The van der Waals surface area contributed by atoms with Gasteiger partial charge in [-0.25, -0.2) is 0 Å². The maximum Gasteiger partial charge on any atom is 0.272 e. The van der Waals surface area contributed by atoms with Crippen molar-refractivity contribution < 1.29 is 4.79 Å². The Balaban J connectivity index is 1.37. The lowest BCUT2D eigenvalue weighted by Gasteiger charge is -2.14. The number of hydrogen-bond acceptors (Lipinski definition) is 2. The van der Waals surface area contributed by atoms with Gasteiger partial charge in [0, 0.05) is 25.5 Å². The van der Waals surface area contributed by atoms with Crippen molar-refractivity contribution in [2.75, 3.05) is 25.0 Å². The fraction of sp³-hybridized carbons (Fsp3) is 0.350. The van der Waals surface area contributed by atoms with E-state index in [-0.39, 0.29) is 5.91 Å². The van der Waals surface area contributed by atoms with Crippen LogP contribution in [0.15, 0.2) is 42.6 Å². The zero-order valence-corrected chi connectivity index (χ0v) is 14.6. The number of carbonyl (C=O) groups is 1. The molecule has 0 saturated carbocycles. The Morgan fingerprint density at radius 3 is 2.64 bits per heavy atom. The van der Waals surface area contributed by atoms with Gasteiger partial charge in [0.15, 0.2) is 0 Å². The second-order valence-electron chi connectivity index (χ2n) is 6.86. The number of aryl methyl sites for hydroxylation is 1. The number of nitrogens with zero attached hydrogens (tertiary/aromatic N) is 2. The standard InChI is InChI=1S/C20H24N4O/c1-23-12-9-17-19(23)14-18(22-17)20(25)21-16-6-4-15(5-7-16)8-13-24-10-2-3-11-24/h4-7,9,12,14,22H,2-3,8,10-11,13H2,1H3,(H,21,25). The van der Waals surface area contributed by atoms with E-state index in [4.69, 9.17) is 0 Å². The van der Waals surface area contributed by atoms with Crippen molar-refractivity contribution >= 4 is 22.6 Å². The smallest absolute Gasteiger partial charge is 0.272 e. The summed E-state index contributed by atoms with van der Waals surface area (Å²) in [5, 5.41) is 2.96. The van der Waals surface area contributed by atoms with Crippen LogP contribution >= 0.6 is 0 Å². The molecule has 0 aliphatic carbocycles. The summed E-state index contributed by atoms with van der Waals surface area (Å²) < 4.78 is 2.00. The normalized spacial score (nSPS) is 15.1. The molecule has 1 amide bonds. The van der Waals surface area contributed by atoms with Crippen molar-refractivity contribution in [3.8, 4) is 0 Å². The van der Waals surface area contributed by atoms with Crippen molar-refractivity contribution in [2.45, 2.75) is 19.3 Å². The zero-order chi connectivity index (χ0) is 17.2. The van der Waals surface area contributed by atoms with Crippen LogP contribution in [-0.2, 0) is 13.5 Å². The molecule has 3 aromatic rings. The highest BCUT2D eigenvalue weighted by Crippen LogP contribution is 2.18. The van der Waals surface area contributed by atoms with E-state index in [9.17, 15) is 4.79 Å². The number of likely N-dealkylation sites (tertiary alicyclic amines) is 1. The highest BCUT2D eigenvalue weighted by molar-refractivity contribution is 6.05.